The van der Waals surface area contributed by atoms with Crippen LogP contribution in [-0.2, 0) is 9.53 Å². The minimum atomic E-state index is -0.255. The van der Waals surface area contributed by atoms with Crippen molar-refractivity contribution in [1.82, 2.24) is 10.2 Å². The third kappa shape index (κ3) is 4.42. The number of ether oxygens (including phenoxy) is 2. The van der Waals surface area contributed by atoms with Gasteiger partial charge >= 0.3 is 0 Å². The highest BCUT2D eigenvalue weighted by molar-refractivity contribution is 5.76. The van der Waals surface area contributed by atoms with Crippen molar-refractivity contribution in [2.75, 3.05) is 39.4 Å². The molecule has 2 aliphatic rings. The lowest BCUT2D eigenvalue weighted by molar-refractivity contribution is -0.120. The maximum absolute atomic E-state index is 12.8. The van der Waals surface area contributed by atoms with Crippen molar-refractivity contribution in [3.63, 3.8) is 0 Å². The Balaban J connectivity index is 1.40. The number of likely N-dealkylation sites (tertiary alicyclic amines) is 1. The fourth-order valence-corrected chi connectivity index (χ4v) is 3.09. The summed E-state index contributed by atoms with van der Waals surface area (Å²) in [7, 11) is 0. The zero-order chi connectivity index (χ0) is 16.1. The summed E-state index contributed by atoms with van der Waals surface area (Å²) >= 11 is 0. The largest absolute Gasteiger partial charge is 0.492 e. The first kappa shape index (κ1) is 16.2. The number of nitrogens with one attached hydrogen (secondary N) is 1. The number of nitrogens with zero attached hydrogens (tertiary/aromatic N) is 1. The third-order valence-corrected chi connectivity index (χ3v) is 4.60. The predicted octanol–water partition coefficient (Wildman–Crippen LogP) is 1.58. The Morgan fingerprint density at radius 3 is 2.74 bits per heavy atom. The normalized spacial score (nSPS) is 21.7. The Hall–Kier alpha value is -1.66. The molecule has 1 aromatic rings. The van der Waals surface area contributed by atoms with Gasteiger partial charge in [-0.3, -0.25) is 9.69 Å². The fraction of sp³-hybridized carbons (Fsp3) is 0.588. The van der Waals surface area contributed by atoms with E-state index in [1.807, 2.05) is 0 Å². The maximum atomic E-state index is 12.8. The number of hydrogen-bond donors (Lipinski definition) is 1. The van der Waals surface area contributed by atoms with Crippen LogP contribution < -0.4 is 10.1 Å². The molecule has 2 saturated heterocycles. The minimum absolute atomic E-state index is 0.0806. The summed E-state index contributed by atoms with van der Waals surface area (Å²) < 4.78 is 24.4. The summed E-state index contributed by atoms with van der Waals surface area (Å²) in [5.41, 5.74) is -0.194. The number of rotatable bonds is 4. The van der Waals surface area contributed by atoms with Crippen LogP contribution in [0.3, 0.4) is 0 Å². The van der Waals surface area contributed by atoms with Gasteiger partial charge in [-0.05, 0) is 37.1 Å². The van der Waals surface area contributed by atoms with Crippen molar-refractivity contribution in [3.05, 3.63) is 30.1 Å². The van der Waals surface area contributed by atoms with Gasteiger partial charge in [0.25, 0.3) is 0 Å². The third-order valence-electron chi connectivity index (χ3n) is 4.60. The van der Waals surface area contributed by atoms with Gasteiger partial charge < -0.3 is 14.8 Å². The lowest BCUT2D eigenvalue weighted by atomic mass is 9.91. The van der Waals surface area contributed by atoms with Gasteiger partial charge in [0.05, 0.1) is 12.2 Å². The van der Waals surface area contributed by atoms with Crippen LogP contribution in [-0.4, -0.2) is 55.8 Å². The molecule has 23 heavy (non-hydrogen) atoms. The monoisotopic (exact) mass is 322 g/mol. The number of amides is 1. The van der Waals surface area contributed by atoms with Crippen LogP contribution in [0.1, 0.15) is 19.3 Å². The average Bonchev–Trinajstić information content (AvgIpc) is 2.74. The molecule has 0 radical (unpaired) electrons. The van der Waals surface area contributed by atoms with Crippen LogP contribution in [0.5, 0.6) is 5.75 Å². The van der Waals surface area contributed by atoms with E-state index < -0.39 is 0 Å². The van der Waals surface area contributed by atoms with Gasteiger partial charge in [-0.1, -0.05) is 0 Å². The van der Waals surface area contributed by atoms with Crippen LogP contribution in [0.15, 0.2) is 24.3 Å². The zero-order valence-corrected chi connectivity index (χ0v) is 13.2. The van der Waals surface area contributed by atoms with Crippen molar-refractivity contribution < 1.29 is 18.7 Å². The molecule has 0 atom stereocenters. The second kappa shape index (κ2) is 7.27. The highest BCUT2D eigenvalue weighted by Gasteiger charge is 2.37. The van der Waals surface area contributed by atoms with E-state index in [2.05, 4.69) is 10.2 Å². The van der Waals surface area contributed by atoms with Crippen LogP contribution >= 0.6 is 0 Å². The Morgan fingerprint density at radius 1 is 1.26 bits per heavy atom. The molecule has 0 unspecified atom stereocenters. The Kier molecular flexibility index (Phi) is 5.13. The summed E-state index contributed by atoms with van der Waals surface area (Å²) in [4.78, 5) is 13.8. The van der Waals surface area contributed by atoms with Crippen molar-refractivity contribution in [2.45, 2.75) is 24.9 Å². The second-order valence-electron chi connectivity index (χ2n) is 6.20. The van der Waals surface area contributed by atoms with Crippen LogP contribution in [0.25, 0.3) is 0 Å². The van der Waals surface area contributed by atoms with E-state index >= 15 is 0 Å². The van der Waals surface area contributed by atoms with Gasteiger partial charge in [-0.2, -0.15) is 0 Å². The maximum Gasteiger partial charge on any atom is 0.222 e. The number of piperidine rings is 1. The molecule has 0 aromatic heterocycles. The first-order chi connectivity index (χ1) is 11.2. The number of carbonyl (C=O) groups is 1. The molecule has 0 aliphatic carbocycles. The zero-order valence-electron chi connectivity index (χ0n) is 13.2. The molecule has 6 heteroatoms. The van der Waals surface area contributed by atoms with Crippen molar-refractivity contribution in [1.29, 1.82) is 0 Å². The number of halogens is 1. The molecule has 0 saturated carbocycles. The first-order valence-corrected chi connectivity index (χ1v) is 8.17. The second-order valence-corrected chi connectivity index (χ2v) is 6.20. The van der Waals surface area contributed by atoms with Crippen molar-refractivity contribution >= 4 is 5.91 Å². The van der Waals surface area contributed by atoms with Gasteiger partial charge in [0.1, 0.15) is 18.2 Å². The van der Waals surface area contributed by atoms with E-state index in [1.54, 1.807) is 12.1 Å². The summed E-state index contributed by atoms with van der Waals surface area (Å²) in [6.45, 7) is 4.41. The molecule has 2 heterocycles. The SMILES string of the molecule is O=C1CCOC2(CCN(CCOc3ccc(F)cc3)CC2)CN1. The molecule has 0 bridgehead atoms. The molecule has 5 nitrogen and oxygen atoms in total. The number of hydrogen-bond acceptors (Lipinski definition) is 4. The van der Waals surface area contributed by atoms with E-state index in [1.165, 1.54) is 12.1 Å². The molecule has 1 aromatic carbocycles. The molecule has 1 spiro atoms. The highest BCUT2D eigenvalue weighted by Crippen LogP contribution is 2.27. The molecule has 126 valence electrons. The molecule has 2 fully saturated rings. The lowest BCUT2D eigenvalue weighted by Gasteiger charge is -2.40. The van der Waals surface area contributed by atoms with Crippen LogP contribution in [0, 0.1) is 5.82 Å². The summed E-state index contributed by atoms with van der Waals surface area (Å²) in [6.07, 6.45) is 2.30. The van der Waals surface area contributed by atoms with Gasteiger partial charge in [0.15, 0.2) is 0 Å². The molecular weight excluding hydrogens is 299 g/mol. The lowest BCUT2D eigenvalue weighted by Crippen LogP contribution is -2.51. The Labute approximate surface area is 135 Å². The fourth-order valence-electron chi connectivity index (χ4n) is 3.09. The minimum Gasteiger partial charge on any atom is -0.492 e. The first-order valence-electron chi connectivity index (χ1n) is 8.17. The molecule has 1 amide bonds. The molecule has 2 aliphatic heterocycles. The molecular formula is C17H23FN2O3. The van der Waals surface area contributed by atoms with Gasteiger partial charge in [-0.15, -0.1) is 0 Å². The number of benzene rings is 1. The van der Waals surface area contributed by atoms with E-state index in [4.69, 9.17) is 9.47 Å². The summed E-state index contributed by atoms with van der Waals surface area (Å²) in [5.74, 6) is 0.515. The Bertz CT molecular complexity index is 527. The summed E-state index contributed by atoms with van der Waals surface area (Å²) in [5, 5.41) is 2.95. The Morgan fingerprint density at radius 2 is 2.00 bits per heavy atom. The van der Waals surface area contributed by atoms with E-state index in [0.29, 0.717) is 31.9 Å². The molecule has 3 rings (SSSR count). The van der Waals surface area contributed by atoms with Crippen molar-refractivity contribution in [3.8, 4) is 5.75 Å². The van der Waals surface area contributed by atoms with Gasteiger partial charge in [0.2, 0.25) is 5.91 Å². The standard InChI is InChI=1S/C17H23FN2O3/c18-14-1-3-15(4-2-14)22-12-10-20-8-6-17(7-9-20)13-19-16(21)5-11-23-17/h1-4H,5-13H2,(H,19,21). The van der Waals surface area contributed by atoms with Gasteiger partial charge in [-0.25, -0.2) is 4.39 Å². The van der Waals surface area contributed by atoms with Gasteiger partial charge in [0, 0.05) is 32.6 Å². The smallest absolute Gasteiger partial charge is 0.222 e. The van der Waals surface area contributed by atoms with E-state index in [9.17, 15) is 9.18 Å². The van der Waals surface area contributed by atoms with E-state index in [-0.39, 0.29) is 17.3 Å². The van der Waals surface area contributed by atoms with E-state index in [0.717, 1.165) is 32.5 Å². The average molecular weight is 322 g/mol. The number of carbonyl (C=O) groups excluding carboxylic acids is 1. The topological polar surface area (TPSA) is 50.8 Å². The highest BCUT2D eigenvalue weighted by atomic mass is 19.1. The quantitative estimate of drug-likeness (QED) is 0.914. The predicted molar refractivity (Wildman–Crippen MR) is 83.9 cm³/mol. The van der Waals surface area contributed by atoms with Crippen molar-refractivity contribution in [2.24, 2.45) is 0 Å². The summed E-state index contributed by atoms with van der Waals surface area (Å²) in [6, 6.07) is 6.08. The van der Waals surface area contributed by atoms with Crippen LogP contribution in [0.2, 0.25) is 0 Å². The van der Waals surface area contributed by atoms with Crippen LogP contribution in [0.4, 0.5) is 4.39 Å². The molecule has 1 N–H and O–H groups in total.